The van der Waals surface area contributed by atoms with E-state index >= 15 is 0 Å². The third-order valence-electron chi connectivity index (χ3n) is 5.80. The van der Waals surface area contributed by atoms with E-state index in [1.54, 1.807) is 12.1 Å². The number of halogens is 1. The van der Waals surface area contributed by atoms with Crippen molar-refractivity contribution in [3.05, 3.63) is 53.8 Å². The van der Waals surface area contributed by atoms with Crippen molar-refractivity contribution in [1.82, 2.24) is 0 Å². The van der Waals surface area contributed by atoms with Crippen LogP contribution in [0.5, 0.6) is 0 Å². The van der Waals surface area contributed by atoms with Gasteiger partial charge in [0, 0.05) is 36.2 Å². The molecule has 2 aliphatic rings. The number of fused-ring (bicyclic) bond motifs is 1. The zero-order chi connectivity index (χ0) is 19.5. The van der Waals surface area contributed by atoms with Crippen LogP contribution in [-0.4, -0.2) is 25.2 Å². The Morgan fingerprint density at radius 1 is 1.18 bits per heavy atom. The van der Waals surface area contributed by atoms with Gasteiger partial charge in [-0.25, -0.2) is 4.39 Å². The summed E-state index contributed by atoms with van der Waals surface area (Å²) in [5.41, 5.74) is 2.89. The van der Waals surface area contributed by atoms with Crippen LogP contribution in [0.25, 0.3) is 0 Å². The fourth-order valence-electron chi connectivity index (χ4n) is 4.24. The molecular formula is C23H26FN3O. The lowest BCUT2D eigenvalue weighted by Gasteiger charge is -2.33. The van der Waals surface area contributed by atoms with Gasteiger partial charge in [0.1, 0.15) is 11.7 Å². The molecule has 2 aliphatic heterocycles. The van der Waals surface area contributed by atoms with Crippen molar-refractivity contribution in [2.75, 3.05) is 23.3 Å². The summed E-state index contributed by atoms with van der Waals surface area (Å²) in [7, 11) is 0. The maximum Gasteiger partial charge on any atom is 0.237 e. The molecule has 4 rings (SSSR count). The van der Waals surface area contributed by atoms with Gasteiger partial charge in [0.15, 0.2) is 0 Å². The van der Waals surface area contributed by atoms with Gasteiger partial charge in [-0.05, 0) is 55.2 Å². The van der Waals surface area contributed by atoms with E-state index in [1.165, 1.54) is 43.7 Å². The van der Waals surface area contributed by atoms with Crippen LogP contribution in [0.1, 0.15) is 44.1 Å². The summed E-state index contributed by atoms with van der Waals surface area (Å²) < 4.78 is 14.1. The second-order valence-corrected chi connectivity index (χ2v) is 7.68. The quantitative estimate of drug-likeness (QED) is 0.718. The Morgan fingerprint density at radius 2 is 1.93 bits per heavy atom. The van der Waals surface area contributed by atoms with E-state index in [1.807, 2.05) is 12.1 Å². The van der Waals surface area contributed by atoms with Gasteiger partial charge in [-0.3, -0.25) is 9.79 Å². The molecule has 146 valence electrons. The van der Waals surface area contributed by atoms with Crippen molar-refractivity contribution in [3.8, 4) is 0 Å². The molecule has 0 saturated carbocycles. The molecule has 1 N–H and O–H groups in total. The molecule has 1 unspecified atom stereocenters. The largest absolute Gasteiger partial charge is 0.372 e. The number of anilines is 2. The molecule has 5 heteroatoms. The normalized spacial score (nSPS) is 19.9. The fourth-order valence-corrected chi connectivity index (χ4v) is 4.24. The highest BCUT2D eigenvalue weighted by Gasteiger charge is 2.31. The Kier molecular flexibility index (Phi) is 5.42. The third-order valence-corrected chi connectivity index (χ3v) is 5.80. The summed E-state index contributed by atoms with van der Waals surface area (Å²) in [6.07, 6.45) is 6.66. The first-order chi connectivity index (χ1) is 13.7. The first-order valence-corrected chi connectivity index (χ1v) is 10.1. The highest BCUT2D eigenvalue weighted by atomic mass is 19.1. The number of benzene rings is 2. The van der Waals surface area contributed by atoms with Gasteiger partial charge in [0.25, 0.3) is 0 Å². The number of nitrogens with zero attached hydrogens (tertiary/aromatic N) is 2. The first kappa shape index (κ1) is 18.7. The number of carbonyl (C=O) groups excluding carboxylic acids is 1. The van der Waals surface area contributed by atoms with E-state index in [0.29, 0.717) is 11.3 Å². The summed E-state index contributed by atoms with van der Waals surface area (Å²) in [5, 5.41) is 2.71. The zero-order valence-electron chi connectivity index (χ0n) is 16.2. The third kappa shape index (κ3) is 3.79. The lowest BCUT2D eigenvalue weighted by Crippen LogP contribution is -2.33. The lowest BCUT2D eigenvalue weighted by atomic mass is 9.92. The number of carbonyl (C=O) groups is 1. The maximum atomic E-state index is 14.1. The van der Waals surface area contributed by atoms with Crippen molar-refractivity contribution in [2.45, 2.75) is 38.5 Å². The zero-order valence-corrected chi connectivity index (χ0v) is 16.2. The number of rotatable bonds is 5. The lowest BCUT2D eigenvalue weighted by molar-refractivity contribution is -0.115. The minimum absolute atomic E-state index is 0.240. The number of piperidine rings is 1. The van der Waals surface area contributed by atoms with Crippen LogP contribution in [-0.2, 0) is 4.79 Å². The van der Waals surface area contributed by atoms with Gasteiger partial charge in [0.05, 0.1) is 5.69 Å². The second kappa shape index (κ2) is 8.13. The molecule has 1 amide bonds. The van der Waals surface area contributed by atoms with E-state index < -0.39 is 5.92 Å². The topological polar surface area (TPSA) is 44.7 Å². The van der Waals surface area contributed by atoms with Crippen LogP contribution in [0.3, 0.4) is 0 Å². The van der Waals surface area contributed by atoms with E-state index in [4.69, 9.17) is 0 Å². The number of hydrogen-bond acceptors (Lipinski definition) is 3. The predicted molar refractivity (Wildman–Crippen MR) is 112 cm³/mol. The minimum atomic E-state index is -0.687. The van der Waals surface area contributed by atoms with E-state index in [9.17, 15) is 9.18 Å². The molecule has 4 nitrogen and oxygen atoms in total. The summed E-state index contributed by atoms with van der Waals surface area (Å²) in [5.74, 6) is -0.441. The van der Waals surface area contributed by atoms with Crippen LogP contribution in [0, 0.1) is 11.7 Å². The van der Waals surface area contributed by atoms with Gasteiger partial charge in [-0.15, -0.1) is 0 Å². The Bertz CT molecular complexity index is 870. The number of hydrogen-bond donors (Lipinski definition) is 1. The van der Waals surface area contributed by atoms with Crippen molar-refractivity contribution >= 4 is 29.2 Å². The van der Waals surface area contributed by atoms with Crippen molar-refractivity contribution in [3.63, 3.8) is 0 Å². The molecule has 0 radical (unpaired) electrons. The summed E-state index contributed by atoms with van der Waals surface area (Å²) in [6, 6.07) is 12.8. The first-order valence-electron chi connectivity index (χ1n) is 10.1. The molecule has 0 aliphatic carbocycles. The average molecular weight is 379 g/mol. The standard InChI is InChI=1S/C23H26FN3O/c1-2-4-16-11-13-27(14-12-16)18-9-7-17(8-10-18)25-15-19-22-20(24)5-3-6-21(22)26-23(19)28/h3,5-10,15-16,19H,2,4,11-14H2,1H3,(H,26,28). The smallest absolute Gasteiger partial charge is 0.237 e. The predicted octanol–water partition coefficient (Wildman–Crippen LogP) is 5.28. The average Bonchev–Trinajstić information content (AvgIpc) is 3.04. The van der Waals surface area contributed by atoms with Gasteiger partial charge in [-0.2, -0.15) is 0 Å². The van der Waals surface area contributed by atoms with Crippen molar-refractivity contribution in [2.24, 2.45) is 10.9 Å². The highest BCUT2D eigenvalue weighted by molar-refractivity contribution is 6.12. The van der Waals surface area contributed by atoms with E-state index in [0.717, 1.165) is 24.7 Å². The molecule has 0 aromatic heterocycles. The SMILES string of the molecule is CCCC1CCN(c2ccc(N=CC3C(=O)Nc4cccc(F)c43)cc2)CC1. The highest BCUT2D eigenvalue weighted by Crippen LogP contribution is 2.34. The maximum absolute atomic E-state index is 14.1. The number of aliphatic imine (C=N–C) groups is 1. The molecule has 28 heavy (non-hydrogen) atoms. The Labute approximate surface area is 165 Å². The molecule has 1 saturated heterocycles. The summed E-state index contributed by atoms with van der Waals surface area (Å²) >= 11 is 0. The van der Waals surface area contributed by atoms with Gasteiger partial charge in [0.2, 0.25) is 5.91 Å². The van der Waals surface area contributed by atoms with Gasteiger partial charge < -0.3 is 10.2 Å². The van der Waals surface area contributed by atoms with Crippen LogP contribution < -0.4 is 10.2 Å². The van der Waals surface area contributed by atoms with Crippen molar-refractivity contribution < 1.29 is 9.18 Å². The molecular weight excluding hydrogens is 353 g/mol. The Morgan fingerprint density at radius 3 is 2.64 bits per heavy atom. The fraction of sp³-hybridized carbons (Fsp3) is 0.391. The van der Waals surface area contributed by atoms with Gasteiger partial charge in [-0.1, -0.05) is 25.8 Å². The van der Waals surface area contributed by atoms with Crippen LogP contribution in [0.2, 0.25) is 0 Å². The summed E-state index contributed by atoms with van der Waals surface area (Å²) in [6.45, 7) is 4.46. The molecule has 1 fully saturated rings. The molecule has 1 atom stereocenters. The van der Waals surface area contributed by atoms with E-state index in [2.05, 4.69) is 34.3 Å². The second-order valence-electron chi connectivity index (χ2n) is 7.68. The number of nitrogens with one attached hydrogen (secondary N) is 1. The molecule has 2 aromatic rings. The van der Waals surface area contributed by atoms with Crippen LogP contribution >= 0.6 is 0 Å². The van der Waals surface area contributed by atoms with Crippen LogP contribution in [0.15, 0.2) is 47.5 Å². The van der Waals surface area contributed by atoms with Gasteiger partial charge >= 0.3 is 0 Å². The molecule has 0 bridgehead atoms. The monoisotopic (exact) mass is 379 g/mol. The minimum Gasteiger partial charge on any atom is -0.372 e. The molecule has 2 heterocycles. The van der Waals surface area contributed by atoms with E-state index in [-0.39, 0.29) is 11.7 Å². The molecule has 0 spiro atoms. The Balaban J connectivity index is 1.42. The summed E-state index contributed by atoms with van der Waals surface area (Å²) in [4.78, 5) is 19.0. The Hall–Kier alpha value is -2.69. The van der Waals surface area contributed by atoms with Crippen molar-refractivity contribution in [1.29, 1.82) is 0 Å². The van der Waals surface area contributed by atoms with Crippen LogP contribution in [0.4, 0.5) is 21.5 Å². The molecule has 2 aromatic carbocycles. The number of amides is 1.